The van der Waals surface area contributed by atoms with Crippen molar-refractivity contribution in [1.29, 1.82) is 0 Å². The lowest BCUT2D eigenvalue weighted by Gasteiger charge is -2.34. The summed E-state index contributed by atoms with van der Waals surface area (Å²) in [6.45, 7) is 6.05. The van der Waals surface area contributed by atoms with E-state index in [1.54, 1.807) is 14.2 Å². The fraction of sp³-hybridized carbons (Fsp3) is 0.600. The number of likely N-dealkylation sites (tertiary alicyclic amines) is 1. The summed E-state index contributed by atoms with van der Waals surface area (Å²) in [6, 6.07) is 8.27. The van der Waals surface area contributed by atoms with E-state index in [-0.39, 0.29) is 5.91 Å². The molecule has 1 aliphatic rings. The molecule has 6 heteroatoms. The molecule has 1 fully saturated rings. The molecule has 0 radical (unpaired) electrons. The number of carbonyl (C=O) groups excluding carboxylic acids is 1. The summed E-state index contributed by atoms with van der Waals surface area (Å²) in [6.07, 6.45) is 2.68. The quantitative estimate of drug-likeness (QED) is 0.578. The topological polar surface area (TPSA) is 66.0 Å². The van der Waals surface area contributed by atoms with Crippen LogP contribution in [0.4, 0.5) is 0 Å². The highest BCUT2D eigenvalue weighted by Gasteiger charge is 2.23. The van der Waals surface area contributed by atoms with Gasteiger partial charge in [0.2, 0.25) is 5.91 Å². The van der Waals surface area contributed by atoms with Gasteiger partial charge in [0.25, 0.3) is 0 Å². The van der Waals surface area contributed by atoms with Crippen LogP contribution in [0.15, 0.2) is 29.3 Å². The number of aliphatic imine (C=N–C) groups is 1. The van der Waals surface area contributed by atoms with Crippen LogP contribution in [0, 0.1) is 5.92 Å². The Morgan fingerprint density at radius 1 is 1.27 bits per heavy atom. The van der Waals surface area contributed by atoms with Gasteiger partial charge >= 0.3 is 0 Å². The molecule has 1 aromatic rings. The van der Waals surface area contributed by atoms with Gasteiger partial charge in [-0.15, -0.1) is 0 Å². The number of hydrogen-bond acceptors (Lipinski definition) is 3. The van der Waals surface area contributed by atoms with Crippen molar-refractivity contribution >= 4 is 11.9 Å². The lowest BCUT2D eigenvalue weighted by Crippen LogP contribution is -2.46. The Kier molecular flexibility index (Phi) is 8.41. The van der Waals surface area contributed by atoms with Gasteiger partial charge in [0.05, 0.1) is 13.2 Å². The number of piperidine rings is 1. The molecule has 2 rings (SSSR count). The maximum Gasteiger partial charge on any atom is 0.220 e. The van der Waals surface area contributed by atoms with Gasteiger partial charge in [-0.25, -0.2) is 4.99 Å². The van der Waals surface area contributed by atoms with Gasteiger partial charge in [-0.2, -0.15) is 0 Å². The van der Waals surface area contributed by atoms with Crippen molar-refractivity contribution in [3.05, 3.63) is 35.4 Å². The Hall–Kier alpha value is -2.08. The van der Waals surface area contributed by atoms with Crippen molar-refractivity contribution in [3.8, 4) is 0 Å². The molecule has 144 valence electrons. The molecule has 1 amide bonds. The number of carbonyl (C=O) groups is 1. The molecule has 0 spiro atoms. The smallest absolute Gasteiger partial charge is 0.220 e. The molecule has 1 aliphatic heterocycles. The molecule has 0 bridgehead atoms. The Bertz CT molecular complexity index is 595. The lowest BCUT2D eigenvalue weighted by atomic mass is 9.93. The summed E-state index contributed by atoms with van der Waals surface area (Å²) < 4.78 is 5.28. The van der Waals surface area contributed by atoms with E-state index in [2.05, 4.69) is 34.6 Å². The van der Waals surface area contributed by atoms with E-state index in [1.165, 1.54) is 11.1 Å². The minimum absolute atomic E-state index is 0.138. The van der Waals surface area contributed by atoms with Crippen LogP contribution in [0.5, 0.6) is 0 Å². The normalized spacial score (nSPS) is 15.8. The summed E-state index contributed by atoms with van der Waals surface area (Å²) >= 11 is 0. The average molecular weight is 361 g/mol. The van der Waals surface area contributed by atoms with Crippen LogP contribution in [-0.4, -0.2) is 50.6 Å². The van der Waals surface area contributed by atoms with Crippen molar-refractivity contribution in [2.45, 2.75) is 39.3 Å². The van der Waals surface area contributed by atoms with Crippen molar-refractivity contribution in [1.82, 2.24) is 15.5 Å². The first-order valence-corrected chi connectivity index (χ1v) is 9.47. The van der Waals surface area contributed by atoms with Gasteiger partial charge in [0.15, 0.2) is 5.96 Å². The summed E-state index contributed by atoms with van der Waals surface area (Å²) in [5.74, 6) is 1.56. The molecule has 1 aromatic carbocycles. The predicted molar refractivity (Wildman–Crippen MR) is 105 cm³/mol. The SMILES string of the molecule is CCNC(=NCc1ccccc1COC)N1CCC(CC(=O)NC)CC1. The maximum absolute atomic E-state index is 11.6. The number of ether oxygens (including phenoxy) is 1. The highest BCUT2D eigenvalue weighted by atomic mass is 16.5. The highest BCUT2D eigenvalue weighted by molar-refractivity contribution is 5.80. The molecule has 0 atom stereocenters. The van der Waals surface area contributed by atoms with E-state index in [0.29, 0.717) is 25.5 Å². The fourth-order valence-electron chi connectivity index (χ4n) is 3.31. The molecule has 0 aliphatic carbocycles. The number of nitrogens with zero attached hydrogens (tertiary/aromatic N) is 2. The van der Waals surface area contributed by atoms with Crippen LogP contribution < -0.4 is 10.6 Å². The van der Waals surface area contributed by atoms with Crippen LogP contribution in [-0.2, 0) is 22.7 Å². The van der Waals surface area contributed by atoms with E-state index < -0.39 is 0 Å². The number of guanidine groups is 1. The molecular formula is C20H32N4O2. The van der Waals surface area contributed by atoms with Crippen molar-refractivity contribution in [2.75, 3.05) is 33.8 Å². The second-order valence-electron chi connectivity index (χ2n) is 6.68. The largest absolute Gasteiger partial charge is 0.380 e. The van der Waals surface area contributed by atoms with E-state index in [9.17, 15) is 4.79 Å². The molecule has 1 heterocycles. The van der Waals surface area contributed by atoms with Gasteiger partial charge in [-0.1, -0.05) is 24.3 Å². The number of benzene rings is 1. The van der Waals surface area contributed by atoms with E-state index in [0.717, 1.165) is 38.4 Å². The Morgan fingerprint density at radius 2 is 1.96 bits per heavy atom. The van der Waals surface area contributed by atoms with Gasteiger partial charge in [-0.3, -0.25) is 4.79 Å². The first-order valence-electron chi connectivity index (χ1n) is 9.47. The third-order valence-electron chi connectivity index (χ3n) is 4.82. The van der Waals surface area contributed by atoms with Crippen molar-refractivity contribution in [3.63, 3.8) is 0 Å². The molecule has 1 saturated heterocycles. The number of rotatable bonds is 7. The molecule has 0 aromatic heterocycles. The maximum atomic E-state index is 11.6. The van der Waals surface area contributed by atoms with Gasteiger partial charge < -0.3 is 20.3 Å². The predicted octanol–water partition coefficient (Wildman–Crippen LogP) is 2.15. The van der Waals surface area contributed by atoms with Crippen LogP contribution in [0.25, 0.3) is 0 Å². The molecule has 0 saturated carbocycles. The zero-order valence-corrected chi connectivity index (χ0v) is 16.3. The summed E-state index contributed by atoms with van der Waals surface area (Å²) in [4.78, 5) is 18.7. The van der Waals surface area contributed by atoms with Crippen molar-refractivity contribution in [2.24, 2.45) is 10.9 Å². The van der Waals surface area contributed by atoms with Crippen LogP contribution in [0.1, 0.15) is 37.3 Å². The molecule has 26 heavy (non-hydrogen) atoms. The monoisotopic (exact) mass is 360 g/mol. The fourth-order valence-corrected chi connectivity index (χ4v) is 3.31. The number of methoxy groups -OCH3 is 1. The summed E-state index contributed by atoms with van der Waals surface area (Å²) in [5, 5.41) is 6.13. The Balaban J connectivity index is 1.98. The number of amides is 1. The second-order valence-corrected chi connectivity index (χ2v) is 6.68. The zero-order chi connectivity index (χ0) is 18.8. The van der Waals surface area contributed by atoms with Gasteiger partial charge in [0, 0.05) is 40.2 Å². The second kappa shape index (κ2) is 10.8. The highest BCUT2D eigenvalue weighted by Crippen LogP contribution is 2.20. The van der Waals surface area contributed by atoms with Gasteiger partial charge in [0.1, 0.15) is 0 Å². The van der Waals surface area contributed by atoms with Crippen LogP contribution in [0.2, 0.25) is 0 Å². The third-order valence-corrected chi connectivity index (χ3v) is 4.82. The van der Waals surface area contributed by atoms with Gasteiger partial charge in [-0.05, 0) is 36.8 Å². The number of nitrogens with one attached hydrogen (secondary N) is 2. The minimum Gasteiger partial charge on any atom is -0.380 e. The standard InChI is InChI=1S/C20H32N4O2/c1-4-22-20(23-14-17-7-5-6-8-18(17)15-26-3)24-11-9-16(10-12-24)13-19(25)21-2/h5-8,16H,4,9-15H2,1-3H3,(H,21,25)(H,22,23). The molecular weight excluding hydrogens is 328 g/mol. The Morgan fingerprint density at radius 3 is 2.58 bits per heavy atom. The minimum atomic E-state index is 0.138. The summed E-state index contributed by atoms with van der Waals surface area (Å²) in [5.41, 5.74) is 2.37. The average Bonchev–Trinajstić information content (AvgIpc) is 2.67. The molecule has 2 N–H and O–H groups in total. The van der Waals surface area contributed by atoms with E-state index in [1.807, 2.05) is 12.1 Å². The Labute approximate surface area is 157 Å². The first-order chi connectivity index (χ1) is 12.7. The third kappa shape index (κ3) is 6.02. The zero-order valence-electron chi connectivity index (χ0n) is 16.3. The lowest BCUT2D eigenvalue weighted by molar-refractivity contribution is -0.121. The molecule has 6 nitrogen and oxygen atoms in total. The van der Waals surface area contributed by atoms with Crippen LogP contribution in [0.3, 0.4) is 0 Å². The number of hydrogen-bond donors (Lipinski definition) is 2. The van der Waals surface area contributed by atoms with E-state index in [4.69, 9.17) is 9.73 Å². The first kappa shape index (κ1) is 20.2. The summed E-state index contributed by atoms with van der Waals surface area (Å²) in [7, 11) is 3.42. The van der Waals surface area contributed by atoms with E-state index >= 15 is 0 Å². The van der Waals surface area contributed by atoms with Crippen molar-refractivity contribution < 1.29 is 9.53 Å². The molecule has 0 unspecified atom stereocenters. The van der Waals surface area contributed by atoms with Crippen LogP contribution >= 0.6 is 0 Å².